The van der Waals surface area contributed by atoms with Crippen molar-refractivity contribution in [2.24, 2.45) is 11.8 Å². The third kappa shape index (κ3) is 35.9. The Kier molecular flexibility index (Phi) is 21.9. The molecule has 0 unspecified atom stereocenters. The van der Waals surface area contributed by atoms with E-state index in [1.807, 2.05) is 27.7 Å². The van der Waals surface area contributed by atoms with Gasteiger partial charge in [-0.1, -0.05) is 27.7 Å². The van der Waals surface area contributed by atoms with E-state index in [0.29, 0.717) is 25.0 Å². The van der Waals surface area contributed by atoms with Crippen molar-refractivity contribution >= 4 is 29.6 Å². The number of hydrogen-bond acceptors (Lipinski definition) is 2. The van der Waals surface area contributed by atoms with E-state index >= 15 is 0 Å². The molecule has 11 heavy (non-hydrogen) atoms. The third-order valence-corrected chi connectivity index (χ3v) is 0.730. The third-order valence-electron chi connectivity index (χ3n) is 0.730. The molecule has 0 aliphatic heterocycles. The van der Waals surface area contributed by atoms with Crippen molar-refractivity contribution < 1.29 is 10.2 Å². The van der Waals surface area contributed by atoms with Crippen LogP contribution < -0.4 is 0 Å². The van der Waals surface area contributed by atoms with E-state index in [0.717, 1.165) is 0 Å². The van der Waals surface area contributed by atoms with Crippen molar-refractivity contribution in [3.8, 4) is 0 Å². The summed E-state index contributed by atoms with van der Waals surface area (Å²) in [7, 11) is 0. The maximum Gasteiger partial charge on any atom is 0.0453 e. The molecule has 0 amide bonds. The molecule has 0 fully saturated rings. The van der Waals surface area contributed by atoms with Crippen LogP contribution in [-0.4, -0.2) is 53.0 Å². The van der Waals surface area contributed by atoms with E-state index in [1.165, 1.54) is 0 Å². The predicted molar refractivity (Wildman–Crippen MR) is 49.6 cm³/mol. The Balaban J connectivity index is -0.000000107. The molecule has 0 heterocycles. The van der Waals surface area contributed by atoms with Crippen LogP contribution in [0.25, 0.3) is 0 Å². The SMILES string of the molecule is CC(C)CO.CC(C)CO.[Na]. The summed E-state index contributed by atoms with van der Waals surface area (Å²) in [5.41, 5.74) is 0. The van der Waals surface area contributed by atoms with Crippen LogP contribution in [0.15, 0.2) is 0 Å². The van der Waals surface area contributed by atoms with E-state index in [1.54, 1.807) is 0 Å². The first-order valence-electron chi connectivity index (χ1n) is 3.76. The molecule has 0 aliphatic rings. The van der Waals surface area contributed by atoms with Gasteiger partial charge in [-0.05, 0) is 11.8 Å². The Labute approximate surface area is 92.3 Å². The van der Waals surface area contributed by atoms with Crippen LogP contribution in [0, 0.1) is 11.8 Å². The molecule has 0 bridgehead atoms. The van der Waals surface area contributed by atoms with Gasteiger partial charge in [0.05, 0.1) is 0 Å². The summed E-state index contributed by atoms with van der Waals surface area (Å²) in [6, 6.07) is 0. The van der Waals surface area contributed by atoms with Gasteiger partial charge >= 0.3 is 0 Å². The van der Waals surface area contributed by atoms with Gasteiger partial charge in [0.1, 0.15) is 0 Å². The second-order valence-electron chi connectivity index (χ2n) is 3.15. The molecule has 0 saturated carbocycles. The van der Waals surface area contributed by atoms with E-state index in [-0.39, 0.29) is 29.6 Å². The molecule has 0 aliphatic carbocycles. The molecule has 2 N–H and O–H groups in total. The second kappa shape index (κ2) is 13.5. The van der Waals surface area contributed by atoms with Crippen LogP contribution in [0.5, 0.6) is 0 Å². The Hall–Kier alpha value is 0.920. The predicted octanol–water partition coefficient (Wildman–Crippen LogP) is 0.889. The number of hydrogen-bond donors (Lipinski definition) is 2. The zero-order valence-electron chi connectivity index (χ0n) is 8.46. The van der Waals surface area contributed by atoms with Gasteiger partial charge < -0.3 is 10.2 Å². The molecule has 0 rings (SSSR count). The Morgan fingerprint density at radius 2 is 0.909 bits per heavy atom. The topological polar surface area (TPSA) is 40.5 Å². The molecule has 1 radical (unpaired) electrons. The van der Waals surface area contributed by atoms with Crippen LogP contribution in [0.2, 0.25) is 0 Å². The number of rotatable bonds is 2. The van der Waals surface area contributed by atoms with Crippen LogP contribution >= 0.6 is 0 Å². The molecule has 0 aromatic heterocycles. The fraction of sp³-hybridized carbons (Fsp3) is 1.00. The summed E-state index contributed by atoms with van der Waals surface area (Å²) in [6.07, 6.45) is 0. The first kappa shape index (κ1) is 17.9. The van der Waals surface area contributed by atoms with Crippen molar-refractivity contribution in [1.29, 1.82) is 0 Å². The monoisotopic (exact) mass is 171 g/mol. The second-order valence-corrected chi connectivity index (χ2v) is 3.15. The largest absolute Gasteiger partial charge is 0.396 e. The molecule has 0 aromatic rings. The fourth-order valence-corrected chi connectivity index (χ4v) is 0. The van der Waals surface area contributed by atoms with Gasteiger partial charge in [0, 0.05) is 42.8 Å². The molecule has 0 spiro atoms. The van der Waals surface area contributed by atoms with Gasteiger partial charge in [-0.15, -0.1) is 0 Å². The van der Waals surface area contributed by atoms with Gasteiger partial charge in [0.15, 0.2) is 0 Å². The van der Waals surface area contributed by atoms with E-state index < -0.39 is 0 Å². The molecular formula is C8H20NaO2. The van der Waals surface area contributed by atoms with Crippen LogP contribution in [0.4, 0.5) is 0 Å². The molecule has 0 aromatic carbocycles. The van der Waals surface area contributed by atoms with Crippen LogP contribution in [-0.2, 0) is 0 Å². The maximum absolute atomic E-state index is 8.14. The van der Waals surface area contributed by atoms with Gasteiger partial charge in [-0.25, -0.2) is 0 Å². The Morgan fingerprint density at radius 1 is 0.818 bits per heavy atom. The standard InChI is InChI=1S/2C4H10O.Na/c2*1-4(2)3-5;/h2*4-5H,3H2,1-2H3;. The van der Waals surface area contributed by atoms with Gasteiger partial charge in [-0.2, -0.15) is 0 Å². The van der Waals surface area contributed by atoms with Crippen LogP contribution in [0.3, 0.4) is 0 Å². The summed E-state index contributed by atoms with van der Waals surface area (Å²) in [5.74, 6) is 0.880. The van der Waals surface area contributed by atoms with Crippen molar-refractivity contribution in [2.75, 3.05) is 13.2 Å². The molecule has 3 heteroatoms. The number of aliphatic hydroxyl groups is 2. The first-order chi connectivity index (χ1) is 4.54. The quantitative estimate of drug-likeness (QED) is 0.606. The summed E-state index contributed by atoms with van der Waals surface area (Å²) < 4.78 is 0. The smallest absolute Gasteiger partial charge is 0.0453 e. The Bertz CT molecular complexity index is 48.1. The Morgan fingerprint density at radius 3 is 0.909 bits per heavy atom. The number of aliphatic hydroxyl groups excluding tert-OH is 2. The minimum atomic E-state index is 0. The fourth-order valence-electron chi connectivity index (χ4n) is 0. The van der Waals surface area contributed by atoms with Crippen molar-refractivity contribution in [3.63, 3.8) is 0 Å². The average Bonchev–Trinajstić information content (AvgIpc) is 1.89. The summed E-state index contributed by atoms with van der Waals surface area (Å²) in [5, 5.41) is 16.3. The average molecular weight is 171 g/mol. The van der Waals surface area contributed by atoms with Crippen molar-refractivity contribution in [2.45, 2.75) is 27.7 Å². The summed E-state index contributed by atoms with van der Waals surface area (Å²) >= 11 is 0. The van der Waals surface area contributed by atoms with E-state index in [4.69, 9.17) is 10.2 Å². The van der Waals surface area contributed by atoms with Crippen LogP contribution in [0.1, 0.15) is 27.7 Å². The molecule has 2 nitrogen and oxygen atoms in total. The molecule has 65 valence electrons. The van der Waals surface area contributed by atoms with E-state index in [9.17, 15) is 0 Å². The minimum Gasteiger partial charge on any atom is -0.396 e. The normalized spacial score (nSPS) is 8.73. The summed E-state index contributed by atoms with van der Waals surface area (Å²) in [4.78, 5) is 0. The first-order valence-corrected chi connectivity index (χ1v) is 3.76. The molecular weight excluding hydrogens is 151 g/mol. The maximum atomic E-state index is 8.14. The van der Waals surface area contributed by atoms with Crippen molar-refractivity contribution in [1.82, 2.24) is 0 Å². The zero-order valence-corrected chi connectivity index (χ0v) is 10.5. The van der Waals surface area contributed by atoms with Crippen molar-refractivity contribution in [3.05, 3.63) is 0 Å². The molecule has 0 saturated heterocycles. The zero-order chi connectivity index (χ0) is 8.57. The van der Waals surface area contributed by atoms with Gasteiger partial charge in [-0.3, -0.25) is 0 Å². The molecule has 0 atom stereocenters. The summed E-state index contributed by atoms with van der Waals surface area (Å²) in [6.45, 7) is 8.50. The minimum absolute atomic E-state index is 0. The van der Waals surface area contributed by atoms with Gasteiger partial charge in [0.25, 0.3) is 0 Å². The van der Waals surface area contributed by atoms with E-state index in [2.05, 4.69) is 0 Å². The van der Waals surface area contributed by atoms with Gasteiger partial charge in [0.2, 0.25) is 0 Å².